The molecule has 2 heterocycles. The van der Waals surface area contributed by atoms with Gasteiger partial charge >= 0.3 is 0 Å². The Morgan fingerprint density at radius 2 is 2.06 bits per heavy atom. The van der Waals surface area contributed by atoms with Crippen molar-refractivity contribution in [3.05, 3.63) is 58.1 Å². The lowest BCUT2D eigenvalue weighted by molar-refractivity contribution is -0.118. The number of ketones is 1. The molecule has 10 heteroatoms. The van der Waals surface area contributed by atoms with E-state index in [1.807, 2.05) is 45.0 Å². The molecule has 0 fully saturated rings. The number of aryl methyl sites for hydroxylation is 1. The van der Waals surface area contributed by atoms with Gasteiger partial charge in [-0.3, -0.25) is 14.5 Å². The first-order valence-electron chi connectivity index (χ1n) is 10.4. The zero-order valence-corrected chi connectivity index (χ0v) is 20.2. The molecule has 1 amide bonds. The molecule has 1 aliphatic heterocycles. The van der Waals surface area contributed by atoms with Crippen molar-refractivity contribution < 1.29 is 9.59 Å². The number of hydrogen-bond acceptors (Lipinski definition) is 9. The Hall–Kier alpha value is -3.16. The SMILES string of the molecule is Cc1ccccc1C1C(C#N)=C(N)N(c2nnc(SCC(N)=O)s2)C2=C1C(=O)CC(C)(C)C2. The van der Waals surface area contributed by atoms with Gasteiger partial charge in [0.25, 0.3) is 0 Å². The van der Waals surface area contributed by atoms with Crippen LogP contribution in [-0.2, 0) is 9.59 Å². The summed E-state index contributed by atoms with van der Waals surface area (Å²) in [5, 5.41) is 19.0. The number of benzene rings is 1. The molecule has 4 rings (SSSR count). The van der Waals surface area contributed by atoms with E-state index in [2.05, 4.69) is 16.3 Å². The molecule has 1 aromatic carbocycles. The van der Waals surface area contributed by atoms with E-state index in [0.29, 0.717) is 33.5 Å². The lowest BCUT2D eigenvalue weighted by Gasteiger charge is -2.42. The summed E-state index contributed by atoms with van der Waals surface area (Å²) in [6.07, 6.45) is 0.982. The minimum atomic E-state index is -0.525. The Labute approximate surface area is 200 Å². The lowest BCUT2D eigenvalue weighted by atomic mass is 9.68. The zero-order valence-electron chi connectivity index (χ0n) is 18.6. The number of allylic oxidation sites excluding steroid dienone is 3. The molecule has 0 radical (unpaired) electrons. The number of primary amides is 1. The van der Waals surface area contributed by atoms with Crippen molar-refractivity contribution in [1.29, 1.82) is 5.26 Å². The van der Waals surface area contributed by atoms with E-state index in [1.165, 1.54) is 23.1 Å². The molecule has 0 saturated carbocycles. The van der Waals surface area contributed by atoms with Crippen molar-refractivity contribution >= 4 is 39.9 Å². The number of amides is 1. The number of carbonyl (C=O) groups is 2. The minimum absolute atomic E-state index is 0.00703. The summed E-state index contributed by atoms with van der Waals surface area (Å²) < 4.78 is 0.555. The molecule has 0 bridgehead atoms. The number of nitrogens with two attached hydrogens (primary N) is 2. The van der Waals surface area contributed by atoms with E-state index in [9.17, 15) is 14.9 Å². The van der Waals surface area contributed by atoms with Gasteiger partial charge in [0.05, 0.1) is 23.3 Å². The smallest absolute Gasteiger partial charge is 0.227 e. The number of anilines is 1. The number of Topliss-reactive ketones (excluding diaryl/α,β-unsaturated/α-hetero) is 1. The highest BCUT2D eigenvalue weighted by Crippen LogP contribution is 2.51. The van der Waals surface area contributed by atoms with Crippen LogP contribution in [0.3, 0.4) is 0 Å². The van der Waals surface area contributed by atoms with Crippen LogP contribution in [-0.4, -0.2) is 27.6 Å². The summed E-state index contributed by atoms with van der Waals surface area (Å²) in [6, 6.07) is 10.0. The van der Waals surface area contributed by atoms with Crippen LogP contribution in [0.1, 0.15) is 43.7 Å². The van der Waals surface area contributed by atoms with Gasteiger partial charge in [-0.1, -0.05) is 61.2 Å². The average molecular weight is 481 g/mol. The quantitative estimate of drug-likeness (QED) is 0.621. The second kappa shape index (κ2) is 8.65. The molecule has 1 aliphatic carbocycles. The summed E-state index contributed by atoms with van der Waals surface area (Å²) in [5.41, 5.74) is 15.1. The maximum absolute atomic E-state index is 13.5. The standard InChI is InChI=1S/C23H24N6O2S2/c1-12-6-4-5-7-13(12)18-14(10-24)20(26)29(15-8-23(2,3)9-16(30)19(15)18)21-27-28-22(33-21)32-11-17(25)31/h4-7,18H,8-9,11,26H2,1-3H3,(H2,25,31). The second-order valence-electron chi connectivity index (χ2n) is 8.94. The van der Waals surface area contributed by atoms with E-state index in [-0.39, 0.29) is 22.8 Å². The Morgan fingerprint density at radius 3 is 2.73 bits per heavy atom. The molecule has 0 saturated heterocycles. The van der Waals surface area contributed by atoms with Gasteiger partial charge in [-0.25, -0.2) is 0 Å². The van der Waals surface area contributed by atoms with Crippen LogP contribution in [0.2, 0.25) is 0 Å². The van der Waals surface area contributed by atoms with Crippen molar-refractivity contribution in [1.82, 2.24) is 10.2 Å². The Balaban J connectivity index is 1.90. The number of thioether (sulfide) groups is 1. The molecule has 2 aromatic rings. The fraction of sp³-hybridized carbons (Fsp3) is 0.348. The minimum Gasteiger partial charge on any atom is -0.384 e. The maximum atomic E-state index is 13.5. The van der Waals surface area contributed by atoms with Crippen LogP contribution >= 0.6 is 23.1 Å². The number of rotatable bonds is 5. The number of hydrogen-bond donors (Lipinski definition) is 2. The van der Waals surface area contributed by atoms with Crippen molar-refractivity contribution in [3.63, 3.8) is 0 Å². The maximum Gasteiger partial charge on any atom is 0.227 e. The fourth-order valence-electron chi connectivity index (χ4n) is 4.43. The third kappa shape index (κ3) is 4.26. The van der Waals surface area contributed by atoms with Crippen LogP contribution in [0.15, 0.2) is 51.3 Å². The average Bonchev–Trinajstić information content (AvgIpc) is 3.19. The molecule has 1 atom stereocenters. The summed E-state index contributed by atoms with van der Waals surface area (Å²) in [6.45, 7) is 6.06. The third-order valence-electron chi connectivity index (χ3n) is 5.81. The van der Waals surface area contributed by atoms with Crippen molar-refractivity contribution in [2.45, 2.75) is 43.9 Å². The Bertz CT molecular complexity index is 1250. The first-order chi connectivity index (χ1) is 15.6. The predicted molar refractivity (Wildman–Crippen MR) is 128 cm³/mol. The van der Waals surface area contributed by atoms with Gasteiger partial charge in [-0.05, 0) is 29.9 Å². The molecular formula is C23H24N6O2S2. The number of aromatic nitrogens is 2. The first kappa shape index (κ1) is 23.0. The number of carbonyl (C=O) groups excluding carboxylic acids is 2. The van der Waals surface area contributed by atoms with Gasteiger partial charge < -0.3 is 11.5 Å². The lowest BCUT2D eigenvalue weighted by Crippen LogP contribution is -2.42. The van der Waals surface area contributed by atoms with Crippen molar-refractivity contribution in [2.75, 3.05) is 10.7 Å². The highest BCUT2D eigenvalue weighted by molar-refractivity contribution is 8.01. The normalized spacial score (nSPS) is 20.0. The van der Waals surface area contributed by atoms with Crippen molar-refractivity contribution in [3.8, 4) is 6.07 Å². The van der Waals surface area contributed by atoms with Gasteiger partial charge in [0.15, 0.2) is 10.1 Å². The van der Waals surface area contributed by atoms with Gasteiger partial charge in [-0.15, -0.1) is 10.2 Å². The molecule has 0 spiro atoms. The summed E-state index contributed by atoms with van der Waals surface area (Å²) in [5.74, 6) is -0.641. The van der Waals surface area contributed by atoms with Gasteiger partial charge in [0, 0.05) is 17.7 Å². The van der Waals surface area contributed by atoms with Gasteiger partial charge in [0.1, 0.15) is 5.82 Å². The highest BCUT2D eigenvalue weighted by Gasteiger charge is 2.45. The molecule has 8 nitrogen and oxygen atoms in total. The number of nitriles is 1. The molecule has 1 aromatic heterocycles. The van der Waals surface area contributed by atoms with E-state index < -0.39 is 11.8 Å². The number of nitrogens with zero attached hydrogens (tertiary/aromatic N) is 4. The molecule has 170 valence electrons. The Morgan fingerprint density at radius 1 is 1.33 bits per heavy atom. The highest BCUT2D eigenvalue weighted by atomic mass is 32.2. The molecule has 1 unspecified atom stereocenters. The van der Waals surface area contributed by atoms with Crippen LogP contribution < -0.4 is 16.4 Å². The Kier molecular flexibility index (Phi) is 6.03. The van der Waals surface area contributed by atoms with E-state index in [4.69, 9.17) is 11.5 Å². The molecule has 33 heavy (non-hydrogen) atoms. The van der Waals surface area contributed by atoms with E-state index in [1.54, 1.807) is 4.90 Å². The van der Waals surface area contributed by atoms with Crippen molar-refractivity contribution in [2.24, 2.45) is 16.9 Å². The molecular weight excluding hydrogens is 456 g/mol. The van der Waals surface area contributed by atoms with Crippen LogP contribution in [0, 0.1) is 23.7 Å². The van der Waals surface area contributed by atoms with Gasteiger partial charge in [0.2, 0.25) is 11.0 Å². The first-order valence-corrected chi connectivity index (χ1v) is 12.2. The summed E-state index contributed by atoms with van der Waals surface area (Å²) in [7, 11) is 0. The van der Waals surface area contributed by atoms with E-state index >= 15 is 0 Å². The largest absolute Gasteiger partial charge is 0.384 e. The van der Waals surface area contributed by atoms with Crippen LogP contribution in [0.4, 0.5) is 5.13 Å². The van der Waals surface area contributed by atoms with Gasteiger partial charge in [-0.2, -0.15) is 5.26 Å². The zero-order chi connectivity index (χ0) is 23.9. The summed E-state index contributed by atoms with van der Waals surface area (Å²) in [4.78, 5) is 26.4. The summed E-state index contributed by atoms with van der Waals surface area (Å²) >= 11 is 2.43. The second-order valence-corrected chi connectivity index (χ2v) is 11.1. The van der Waals surface area contributed by atoms with Crippen LogP contribution in [0.25, 0.3) is 0 Å². The third-order valence-corrected chi connectivity index (χ3v) is 7.87. The topological polar surface area (TPSA) is 139 Å². The van der Waals surface area contributed by atoms with E-state index in [0.717, 1.165) is 16.8 Å². The predicted octanol–water partition coefficient (Wildman–Crippen LogP) is 3.36. The fourth-order valence-corrected chi connectivity index (χ4v) is 6.05. The van der Waals surface area contributed by atoms with Crippen LogP contribution in [0.5, 0.6) is 0 Å². The molecule has 2 aliphatic rings. The molecule has 4 N–H and O–H groups in total. The monoisotopic (exact) mass is 480 g/mol.